The Kier molecular flexibility index (Phi) is 6.07. The van der Waals surface area contributed by atoms with Crippen molar-refractivity contribution >= 4 is 17.3 Å². The van der Waals surface area contributed by atoms with Gasteiger partial charge in [-0.2, -0.15) is 0 Å². The van der Waals surface area contributed by atoms with Crippen LogP contribution in [0.15, 0.2) is 59.8 Å². The minimum absolute atomic E-state index is 0.115. The number of nitrogens with zero attached hydrogens (tertiary/aromatic N) is 2. The number of rotatable bonds is 6. The number of carbonyl (C=O) groups excluding carboxylic acids is 1. The van der Waals surface area contributed by atoms with Gasteiger partial charge in [0.1, 0.15) is 6.17 Å². The second-order valence-corrected chi connectivity index (χ2v) is 6.57. The first-order valence-electron chi connectivity index (χ1n) is 9.22. The van der Waals surface area contributed by atoms with E-state index in [2.05, 4.69) is 10.6 Å². The Morgan fingerprint density at radius 1 is 1.00 bits per heavy atom. The number of hydrogen-bond donors (Lipinski definition) is 2. The molecule has 0 aliphatic carbocycles. The van der Waals surface area contributed by atoms with E-state index in [1.807, 2.05) is 0 Å². The zero-order valence-corrected chi connectivity index (χ0v) is 16.3. The molecule has 0 amide bonds. The number of para-hydroxylation sites is 2. The molecule has 1 heterocycles. The van der Waals surface area contributed by atoms with Gasteiger partial charge in [0.15, 0.2) is 0 Å². The highest BCUT2D eigenvalue weighted by atomic mass is 16.6. The van der Waals surface area contributed by atoms with E-state index in [1.54, 1.807) is 44.2 Å². The van der Waals surface area contributed by atoms with Gasteiger partial charge in [-0.15, -0.1) is 0 Å². The fraction of sp³-hybridized carbons (Fsp3) is 0.250. The lowest BCUT2D eigenvalue weighted by atomic mass is 9.92. The number of nitro groups is 2. The zero-order valence-electron chi connectivity index (χ0n) is 16.3. The largest absolute Gasteiger partial charge is 0.463 e. The Morgan fingerprint density at radius 2 is 1.53 bits per heavy atom. The van der Waals surface area contributed by atoms with Crippen LogP contribution in [0.25, 0.3) is 0 Å². The third-order valence-electron chi connectivity index (χ3n) is 4.77. The van der Waals surface area contributed by atoms with Crippen LogP contribution in [0.1, 0.15) is 37.2 Å². The van der Waals surface area contributed by atoms with Crippen molar-refractivity contribution in [1.82, 2.24) is 10.6 Å². The van der Waals surface area contributed by atoms with Crippen molar-refractivity contribution in [2.45, 2.75) is 26.1 Å². The summed E-state index contributed by atoms with van der Waals surface area (Å²) in [5.74, 6) is -0.626. The Bertz CT molecular complexity index is 1040. The van der Waals surface area contributed by atoms with E-state index in [4.69, 9.17) is 4.74 Å². The van der Waals surface area contributed by atoms with Gasteiger partial charge in [-0.1, -0.05) is 30.3 Å². The molecule has 2 unspecified atom stereocenters. The number of benzene rings is 2. The standard InChI is InChI=1S/C20H20N4O6/c1-3-30-20(25)17-12(2)21-19(14-9-5-7-11-16(14)24(28)29)22-18(17)13-8-4-6-10-15(13)23(26)27/h4-11,18-19,21-22H,3H2,1-2H3. The van der Waals surface area contributed by atoms with Crippen LogP contribution in [0, 0.1) is 20.2 Å². The molecule has 0 aromatic heterocycles. The highest BCUT2D eigenvalue weighted by Gasteiger charge is 2.38. The van der Waals surface area contributed by atoms with E-state index in [0.29, 0.717) is 11.3 Å². The van der Waals surface area contributed by atoms with Gasteiger partial charge in [-0.3, -0.25) is 25.5 Å². The molecule has 10 nitrogen and oxygen atoms in total. The molecule has 156 valence electrons. The molecule has 0 fully saturated rings. The predicted octanol–water partition coefficient (Wildman–Crippen LogP) is 3.27. The molecule has 0 spiro atoms. The van der Waals surface area contributed by atoms with Crippen LogP contribution in [0.2, 0.25) is 0 Å². The fourth-order valence-electron chi connectivity index (χ4n) is 3.49. The van der Waals surface area contributed by atoms with Gasteiger partial charge < -0.3 is 10.1 Å². The average Bonchev–Trinajstić information content (AvgIpc) is 2.73. The van der Waals surface area contributed by atoms with E-state index in [0.717, 1.165) is 0 Å². The summed E-state index contributed by atoms with van der Waals surface area (Å²) in [6.07, 6.45) is -0.755. The maximum absolute atomic E-state index is 12.7. The lowest BCUT2D eigenvalue weighted by Gasteiger charge is -2.34. The summed E-state index contributed by atoms with van der Waals surface area (Å²) in [5.41, 5.74) is 0.909. The van der Waals surface area contributed by atoms with Gasteiger partial charge in [0.05, 0.1) is 39.2 Å². The van der Waals surface area contributed by atoms with Crippen LogP contribution in [0.3, 0.4) is 0 Å². The third kappa shape index (κ3) is 3.98. The first-order valence-corrected chi connectivity index (χ1v) is 9.22. The van der Waals surface area contributed by atoms with Gasteiger partial charge >= 0.3 is 5.97 Å². The zero-order chi connectivity index (χ0) is 21.8. The Morgan fingerprint density at radius 3 is 2.10 bits per heavy atom. The molecular formula is C20H20N4O6. The predicted molar refractivity (Wildman–Crippen MR) is 107 cm³/mol. The average molecular weight is 412 g/mol. The molecule has 2 aromatic rings. The second kappa shape index (κ2) is 8.70. The highest BCUT2D eigenvalue weighted by molar-refractivity contribution is 5.91. The van der Waals surface area contributed by atoms with Gasteiger partial charge in [0.2, 0.25) is 0 Å². The van der Waals surface area contributed by atoms with Gasteiger partial charge in [-0.05, 0) is 19.9 Å². The molecule has 2 atom stereocenters. The van der Waals surface area contributed by atoms with Crippen molar-refractivity contribution in [2.75, 3.05) is 6.61 Å². The lowest BCUT2D eigenvalue weighted by molar-refractivity contribution is -0.386. The monoisotopic (exact) mass is 412 g/mol. The van der Waals surface area contributed by atoms with Gasteiger partial charge in [-0.25, -0.2) is 4.79 Å². The number of hydrogen-bond acceptors (Lipinski definition) is 8. The first kappa shape index (κ1) is 20.9. The summed E-state index contributed by atoms with van der Waals surface area (Å²) in [5, 5.41) is 29.2. The number of allylic oxidation sites excluding steroid dienone is 1. The van der Waals surface area contributed by atoms with E-state index in [1.165, 1.54) is 18.2 Å². The molecule has 10 heteroatoms. The van der Waals surface area contributed by atoms with E-state index >= 15 is 0 Å². The fourth-order valence-corrected chi connectivity index (χ4v) is 3.49. The van der Waals surface area contributed by atoms with Gasteiger partial charge in [0.25, 0.3) is 11.4 Å². The van der Waals surface area contributed by atoms with Crippen LogP contribution in [0.4, 0.5) is 11.4 Å². The van der Waals surface area contributed by atoms with E-state index in [9.17, 15) is 25.0 Å². The number of esters is 1. The summed E-state index contributed by atoms with van der Waals surface area (Å²) < 4.78 is 5.15. The van der Waals surface area contributed by atoms with Crippen molar-refractivity contribution in [3.63, 3.8) is 0 Å². The Labute approximate surface area is 171 Å². The summed E-state index contributed by atoms with van der Waals surface area (Å²) in [6, 6.07) is 11.3. The van der Waals surface area contributed by atoms with Crippen molar-refractivity contribution in [2.24, 2.45) is 0 Å². The number of nitrogens with one attached hydrogen (secondary N) is 2. The quantitative estimate of drug-likeness (QED) is 0.419. The molecule has 0 bridgehead atoms. The second-order valence-electron chi connectivity index (χ2n) is 6.57. The van der Waals surface area contributed by atoms with Crippen LogP contribution in [-0.4, -0.2) is 22.4 Å². The minimum Gasteiger partial charge on any atom is -0.463 e. The van der Waals surface area contributed by atoms with Crippen molar-refractivity contribution in [1.29, 1.82) is 0 Å². The molecule has 2 aromatic carbocycles. The molecule has 30 heavy (non-hydrogen) atoms. The topological polar surface area (TPSA) is 137 Å². The molecule has 1 aliphatic heterocycles. The van der Waals surface area contributed by atoms with E-state index in [-0.39, 0.29) is 29.1 Å². The highest BCUT2D eigenvalue weighted by Crippen LogP contribution is 2.37. The van der Waals surface area contributed by atoms with Gasteiger partial charge in [0, 0.05) is 17.8 Å². The summed E-state index contributed by atoms with van der Waals surface area (Å²) in [7, 11) is 0. The number of ether oxygens (including phenoxy) is 1. The van der Waals surface area contributed by atoms with Crippen LogP contribution in [-0.2, 0) is 9.53 Å². The number of carbonyl (C=O) groups is 1. The molecule has 1 aliphatic rings. The van der Waals surface area contributed by atoms with E-state index < -0.39 is 28.0 Å². The molecular weight excluding hydrogens is 392 g/mol. The minimum atomic E-state index is -0.906. The van der Waals surface area contributed by atoms with Crippen LogP contribution in [0.5, 0.6) is 0 Å². The normalized spacial score (nSPS) is 18.5. The summed E-state index contributed by atoms with van der Waals surface area (Å²) >= 11 is 0. The first-order chi connectivity index (χ1) is 14.3. The molecule has 0 saturated carbocycles. The Balaban J connectivity index is 2.15. The smallest absolute Gasteiger partial charge is 0.337 e. The molecule has 0 saturated heterocycles. The van der Waals surface area contributed by atoms with Crippen LogP contribution < -0.4 is 10.6 Å². The van der Waals surface area contributed by atoms with Crippen molar-refractivity contribution in [3.8, 4) is 0 Å². The summed E-state index contributed by atoms with van der Waals surface area (Å²) in [6.45, 7) is 3.43. The molecule has 3 rings (SSSR count). The maximum atomic E-state index is 12.7. The van der Waals surface area contributed by atoms with Crippen LogP contribution >= 0.6 is 0 Å². The Hall–Kier alpha value is -3.79. The molecule has 2 N–H and O–H groups in total. The number of nitro benzene ring substituents is 2. The molecule has 0 radical (unpaired) electrons. The van der Waals surface area contributed by atoms with Crippen molar-refractivity contribution < 1.29 is 19.4 Å². The third-order valence-corrected chi connectivity index (χ3v) is 4.77. The van der Waals surface area contributed by atoms with Crippen molar-refractivity contribution in [3.05, 3.63) is 91.2 Å². The summed E-state index contributed by atoms with van der Waals surface area (Å²) in [4.78, 5) is 34.7. The maximum Gasteiger partial charge on any atom is 0.337 e. The SMILES string of the molecule is CCOC(=O)C1=C(C)NC(c2ccccc2[N+](=O)[O-])NC1c1ccccc1[N+](=O)[O-]. The lowest BCUT2D eigenvalue weighted by Crippen LogP contribution is -2.44.